The van der Waals surface area contributed by atoms with E-state index in [0.29, 0.717) is 5.75 Å². The summed E-state index contributed by atoms with van der Waals surface area (Å²) in [6, 6.07) is 17.5. The minimum Gasteiger partial charge on any atom is -0.496 e. The number of hydrogen-bond donors (Lipinski definition) is 2. The van der Waals surface area contributed by atoms with Gasteiger partial charge in [0.25, 0.3) is 10.0 Å². The zero-order valence-corrected chi connectivity index (χ0v) is 16.3. The molecule has 2 N–H and O–H groups in total. The highest BCUT2D eigenvalue weighted by atomic mass is 35.5. The number of aromatic carboxylic acids is 1. The highest BCUT2D eigenvalue weighted by Crippen LogP contribution is 2.30. The second kappa shape index (κ2) is 7.92. The van der Waals surface area contributed by atoms with E-state index in [9.17, 15) is 18.3 Å². The molecular weight excluding hydrogens is 402 g/mol. The topological polar surface area (TPSA) is 92.7 Å². The number of methoxy groups -OCH3 is 1. The molecule has 0 spiro atoms. The fourth-order valence-electron chi connectivity index (χ4n) is 2.68. The molecule has 3 rings (SSSR count). The SMILES string of the molecule is COc1ccccc1-c1ccc(S(=O)(=O)Nc2ccc(Cl)cc2C(=O)O)cc1. The maximum absolute atomic E-state index is 12.7. The van der Waals surface area contributed by atoms with E-state index >= 15 is 0 Å². The van der Waals surface area contributed by atoms with Gasteiger partial charge in [-0.3, -0.25) is 4.72 Å². The highest BCUT2D eigenvalue weighted by Gasteiger charge is 2.19. The zero-order valence-electron chi connectivity index (χ0n) is 14.7. The van der Waals surface area contributed by atoms with E-state index in [1.807, 2.05) is 24.3 Å². The van der Waals surface area contributed by atoms with Crippen LogP contribution >= 0.6 is 11.6 Å². The van der Waals surface area contributed by atoms with Crippen molar-refractivity contribution >= 4 is 33.3 Å². The lowest BCUT2D eigenvalue weighted by Gasteiger charge is -2.12. The van der Waals surface area contributed by atoms with Gasteiger partial charge in [0.15, 0.2) is 0 Å². The van der Waals surface area contributed by atoms with Crippen LogP contribution in [0.25, 0.3) is 11.1 Å². The smallest absolute Gasteiger partial charge is 0.337 e. The molecule has 28 heavy (non-hydrogen) atoms. The molecule has 0 saturated heterocycles. The van der Waals surface area contributed by atoms with Crippen molar-refractivity contribution in [3.63, 3.8) is 0 Å². The van der Waals surface area contributed by atoms with Crippen molar-refractivity contribution in [2.24, 2.45) is 0 Å². The minimum absolute atomic E-state index is 0.00237. The molecule has 0 unspecified atom stereocenters. The van der Waals surface area contributed by atoms with Gasteiger partial charge in [0, 0.05) is 10.6 Å². The molecule has 0 saturated carbocycles. The monoisotopic (exact) mass is 417 g/mol. The van der Waals surface area contributed by atoms with E-state index in [4.69, 9.17) is 16.3 Å². The number of halogens is 1. The first-order valence-electron chi connectivity index (χ1n) is 8.11. The largest absolute Gasteiger partial charge is 0.496 e. The van der Waals surface area contributed by atoms with Crippen LogP contribution in [0.15, 0.2) is 71.6 Å². The molecule has 8 heteroatoms. The molecule has 0 radical (unpaired) electrons. The summed E-state index contributed by atoms with van der Waals surface area (Å²) in [4.78, 5) is 11.4. The van der Waals surface area contributed by atoms with Gasteiger partial charge in [-0.25, -0.2) is 13.2 Å². The van der Waals surface area contributed by atoms with Crippen molar-refractivity contribution in [1.82, 2.24) is 0 Å². The van der Waals surface area contributed by atoms with Crippen LogP contribution in [0.5, 0.6) is 5.75 Å². The van der Waals surface area contributed by atoms with Gasteiger partial charge in [-0.15, -0.1) is 0 Å². The van der Waals surface area contributed by atoms with Crippen LogP contribution in [0.3, 0.4) is 0 Å². The van der Waals surface area contributed by atoms with Gasteiger partial charge in [-0.05, 0) is 42.0 Å². The van der Waals surface area contributed by atoms with Crippen LogP contribution in [0.1, 0.15) is 10.4 Å². The Balaban J connectivity index is 1.93. The number of para-hydroxylation sites is 1. The third kappa shape index (κ3) is 4.11. The fraction of sp³-hybridized carbons (Fsp3) is 0.0500. The second-order valence-corrected chi connectivity index (χ2v) is 7.94. The molecule has 0 bridgehead atoms. The third-order valence-corrected chi connectivity index (χ3v) is 5.66. The number of carboxylic acid groups (broad SMARTS) is 1. The van der Waals surface area contributed by atoms with Crippen LogP contribution in [0.2, 0.25) is 5.02 Å². The number of hydrogen-bond acceptors (Lipinski definition) is 4. The minimum atomic E-state index is -3.98. The molecule has 0 heterocycles. The second-order valence-electron chi connectivity index (χ2n) is 5.83. The van der Waals surface area contributed by atoms with Gasteiger partial charge in [0.1, 0.15) is 5.75 Å². The first-order valence-corrected chi connectivity index (χ1v) is 9.97. The van der Waals surface area contributed by atoms with Crippen molar-refractivity contribution in [3.8, 4) is 16.9 Å². The van der Waals surface area contributed by atoms with Crippen molar-refractivity contribution in [1.29, 1.82) is 0 Å². The molecule has 0 amide bonds. The molecular formula is C20H16ClNO5S. The third-order valence-electron chi connectivity index (χ3n) is 4.04. The fourth-order valence-corrected chi connectivity index (χ4v) is 3.93. The van der Waals surface area contributed by atoms with E-state index < -0.39 is 16.0 Å². The van der Waals surface area contributed by atoms with Gasteiger partial charge < -0.3 is 9.84 Å². The number of nitrogens with one attached hydrogen (secondary N) is 1. The highest BCUT2D eigenvalue weighted by molar-refractivity contribution is 7.92. The Hall–Kier alpha value is -3.03. The van der Waals surface area contributed by atoms with Crippen molar-refractivity contribution in [3.05, 3.63) is 77.3 Å². The van der Waals surface area contributed by atoms with E-state index in [2.05, 4.69) is 4.72 Å². The number of benzene rings is 3. The molecule has 0 fully saturated rings. The number of carbonyl (C=O) groups is 1. The van der Waals surface area contributed by atoms with Gasteiger partial charge in [-0.2, -0.15) is 0 Å². The number of rotatable bonds is 6. The average Bonchev–Trinajstić information content (AvgIpc) is 2.69. The molecule has 144 valence electrons. The summed E-state index contributed by atoms with van der Waals surface area (Å²) in [5.74, 6) is -0.616. The number of anilines is 1. The van der Waals surface area contributed by atoms with E-state index in [0.717, 1.165) is 11.1 Å². The Morgan fingerprint density at radius 1 is 1.04 bits per heavy atom. The lowest BCUT2D eigenvalue weighted by Crippen LogP contribution is -2.15. The van der Waals surface area contributed by atoms with Gasteiger partial charge in [0.2, 0.25) is 0 Å². The molecule has 3 aromatic carbocycles. The van der Waals surface area contributed by atoms with Crippen molar-refractivity contribution in [2.45, 2.75) is 4.90 Å². The summed E-state index contributed by atoms with van der Waals surface area (Å²) in [6.45, 7) is 0. The van der Waals surface area contributed by atoms with Crippen LogP contribution in [0.4, 0.5) is 5.69 Å². The average molecular weight is 418 g/mol. The van der Waals surface area contributed by atoms with Crippen LogP contribution < -0.4 is 9.46 Å². The molecule has 0 aromatic heterocycles. The predicted molar refractivity (Wildman–Crippen MR) is 108 cm³/mol. The summed E-state index contributed by atoms with van der Waals surface area (Å²) < 4.78 is 33.0. The molecule has 3 aromatic rings. The summed E-state index contributed by atoms with van der Waals surface area (Å²) in [6.07, 6.45) is 0. The number of ether oxygens (including phenoxy) is 1. The Morgan fingerprint density at radius 3 is 2.36 bits per heavy atom. The summed E-state index contributed by atoms with van der Waals surface area (Å²) in [5, 5.41) is 9.46. The van der Waals surface area contributed by atoms with E-state index in [1.54, 1.807) is 19.2 Å². The Kier molecular flexibility index (Phi) is 5.58. The summed E-state index contributed by atoms with van der Waals surface area (Å²) in [5.41, 5.74) is 1.31. The van der Waals surface area contributed by atoms with Crippen LogP contribution in [0, 0.1) is 0 Å². The van der Waals surface area contributed by atoms with Crippen molar-refractivity contribution in [2.75, 3.05) is 11.8 Å². The number of carboxylic acids is 1. The molecule has 0 atom stereocenters. The molecule has 6 nitrogen and oxygen atoms in total. The van der Waals surface area contributed by atoms with Crippen LogP contribution in [-0.2, 0) is 10.0 Å². The van der Waals surface area contributed by atoms with E-state index in [1.165, 1.54) is 30.3 Å². The molecule has 0 aliphatic heterocycles. The Morgan fingerprint density at radius 2 is 1.71 bits per heavy atom. The molecule has 0 aliphatic carbocycles. The van der Waals surface area contributed by atoms with Crippen molar-refractivity contribution < 1.29 is 23.1 Å². The van der Waals surface area contributed by atoms with Gasteiger partial charge in [0.05, 0.1) is 23.3 Å². The first kappa shape index (κ1) is 19.7. The van der Waals surface area contributed by atoms with Crippen LogP contribution in [-0.4, -0.2) is 26.6 Å². The lowest BCUT2D eigenvalue weighted by molar-refractivity contribution is 0.0698. The standard InChI is InChI=1S/C20H16ClNO5S/c1-27-19-5-3-2-4-16(19)13-6-9-15(10-7-13)28(25,26)22-18-11-8-14(21)12-17(18)20(23)24/h2-12,22H,1H3,(H,23,24). The Labute approximate surface area is 167 Å². The quantitative estimate of drug-likeness (QED) is 0.615. The van der Waals surface area contributed by atoms with E-state index in [-0.39, 0.29) is 21.2 Å². The summed E-state index contributed by atoms with van der Waals surface area (Å²) in [7, 11) is -2.42. The van der Waals surface area contributed by atoms with Gasteiger partial charge in [-0.1, -0.05) is 41.9 Å². The zero-order chi connectivity index (χ0) is 20.3. The predicted octanol–water partition coefficient (Wildman–Crippen LogP) is 4.51. The normalized spacial score (nSPS) is 11.1. The summed E-state index contributed by atoms with van der Waals surface area (Å²) >= 11 is 5.80. The maximum Gasteiger partial charge on any atom is 0.337 e. The molecule has 0 aliphatic rings. The number of sulfonamides is 1. The first-order chi connectivity index (χ1) is 13.3. The Bertz CT molecular complexity index is 1130. The maximum atomic E-state index is 12.7. The lowest BCUT2D eigenvalue weighted by atomic mass is 10.1. The van der Waals surface area contributed by atoms with Gasteiger partial charge >= 0.3 is 5.97 Å².